The molecule has 1 N–H and O–H groups in total. The third-order valence-electron chi connectivity index (χ3n) is 6.79. The number of rotatable bonds is 5. The molecule has 1 saturated heterocycles. The van der Waals surface area contributed by atoms with Crippen LogP contribution in [0, 0.1) is 19.8 Å². The van der Waals surface area contributed by atoms with Crippen LogP contribution >= 0.6 is 34.4 Å². The van der Waals surface area contributed by atoms with Gasteiger partial charge in [0.15, 0.2) is 0 Å². The van der Waals surface area contributed by atoms with E-state index in [1.54, 1.807) is 18.2 Å². The normalized spacial score (nSPS) is 20.4. The van der Waals surface area contributed by atoms with Crippen LogP contribution in [0.5, 0.6) is 0 Å². The van der Waals surface area contributed by atoms with E-state index >= 15 is 0 Å². The van der Waals surface area contributed by atoms with Gasteiger partial charge in [-0.05, 0) is 55.1 Å². The first-order chi connectivity index (χ1) is 18.3. The van der Waals surface area contributed by atoms with Gasteiger partial charge in [0, 0.05) is 21.4 Å². The number of benzene rings is 2. The summed E-state index contributed by atoms with van der Waals surface area (Å²) < 4.78 is 1.44. The van der Waals surface area contributed by atoms with Crippen LogP contribution in [0.1, 0.15) is 26.8 Å². The Kier molecular flexibility index (Phi) is 6.33. The van der Waals surface area contributed by atoms with Crippen molar-refractivity contribution in [3.8, 4) is 0 Å². The summed E-state index contributed by atoms with van der Waals surface area (Å²) in [5.41, 5.74) is 3.24. The Bertz CT molecular complexity index is 1620. The number of imide groups is 1. The molecule has 1 fully saturated rings. The number of aryl methyl sites for hydroxylation is 2. The molecular formula is C28H23N3O4S3. The van der Waals surface area contributed by atoms with Crippen LogP contribution in [0.25, 0.3) is 0 Å². The number of nitrogens with one attached hydrogen (secondary N) is 1. The number of thiophene rings is 1. The Labute approximate surface area is 231 Å². The third kappa shape index (κ3) is 4.22. The van der Waals surface area contributed by atoms with Crippen LogP contribution in [-0.2, 0) is 20.9 Å². The van der Waals surface area contributed by atoms with Crippen molar-refractivity contribution in [2.75, 3.05) is 10.2 Å². The second-order valence-corrected chi connectivity index (χ2v) is 12.5. The minimum Gasteiger partial charge on any atom is -0.325 e. The standard InChI is InChI=1S/C28H23N3O4S3/c1-15-8-10-18(11-9-15)31-25(33)22-21(19-7-4-12-36-19)24-27(37-23(22)26(31)34)30(28(35)38-24)14-20(32)29-17-6-3-5-16(2)13-17/h3-13,21-23H,14H2,1-2H3,(H,29,32)/t21-,22?,23?/m1/s1. The Morgan fingerprint density at radius 3 is 2.45 bits per heavy atom. The fraction of sp³-hybridized carbons (Fsp3) is 0.214. The first-order valence-corrected chi connectivity index (χ1v) is 14.6. The van der Waals surface area contributed by atoms with E-state index < -0.39 is 17.1 Å². The van der Waals surface area contributed by atoms with E-state index in [4.69, 9.17) is 0 Å². The Morgan fingerprint density at radius 2 is 1.74 bits per heavy atom. The summed E-state index contributed by atoms with van der Waals surface area (Å²) >= 11 is 3.78. The molecule has 4 aromatic rings. The second kappa shape index (κ2) is 9.68. The highest BCUT2D eigenvalue weighted by Gasteiger charge is 2.57. The highest BCUT2D eigenvalue weighted by Crippen LogP contribution is 2.54. The molecule has 3 amide bonds. The number of thioether (sulfide) groups is 1. The highest BCUT2D eigenvalue weighted by atomic mass is 32.2. The van der Waals surface area contributed by atoms with E-state index in [1.165, 1.54) is 32.6 Å². The molecule has 6 rings (SSSR count). The number of fused-ring (bicyclic) bond motifs is 2. The highest BCUT2D eigenvalue weighted by molar-refractivity contribution is 8.00. The van der Waals surface area contributed by atoms with Crippen LogP contribution in [0.3, 0.4) is 0 Å². The molecule has 2 unspecified atom stereocenters. The fourth-order valence-electron chi connectivity index (χ4n) is 5.05. The van der Waals surface area contributed by atoms with Gasteiger partial charge in [0.2, 0.25) is 17.7 Å². The van der Waals surface area contributed by atoms with Crippen LogP contribution in [-0.4, -0.2) is 27.5 Å². The number of hydrogen-bond donors (Lipinski definition) is 1. The van der Waals surface area contributed by atoms with Crippen LogP contribution < -0.4 is 15.1 Å². The predicted molar refractivity (Wildman–Crippen MR) is 151 cm³/mol. The predicted octanol–water partition coefficient (Wildman–Crippen LogP) is 5.02. The Balaban J connectivity index is 1.38. The van der Waals surface area contributed by atoms with Gasteiger partial charge in [0.1, 0.15) is 11.8 Å². The van der Waals surface area contributed by atoms with Gasteiger partial charge in [-0.15, -0.1) is 11.3 Å². The summed E-state index contributed by atoms with van der Waals surface area (Å²) in [5, 5.41) is 4.69. The lowest BCUT2D eigenvalue weighted by molar-refractivity contribution is -0.122. The van der Waals surface area contributed by atoms with Gasteiger partial charge < -0.3 is 5.32 Å². The monoisotopic (exact) mass is 561 g/mol. The van der Waals surface area contributed by atoms with Gasteiger partial charge in [0.05, 0.1) is 16.6 Å². The molecule has 4 heterocycles. The average Bonchev–Trinajstić information content (AvgIpc) is 3.58. The maximum Gasteiger partial charge on any atom is 0.308 e. The third-order valence-corrected chi connectivity index (χ3v) is 10.4. The number of anilines is 2. The molecule has 38 heavy (non-hydrogen) atoms. The van der Waals surface area contributed by atoms with E-state index in [0.29, 0.717) is 16.4 Å². The number of aromatic nitrogens is 1. The molecule has 3 atom stereocenters. The number of carbonyl (C=O) groups excluding carboxylic acids is 3. The van der Waals surface area contributed by atoms with Gasteiger partial charge in [-0.3, -0.25) is 23.7 Å². The first-order valence-electron chi connectivity index (χ1n) is 12.1. The van der Waals surface area contributed by atoms with Crippen molar-refractivity contribution in [2.45, 2.75) is 36.6 Å². The van der Waals surface area contributed by atoms with Crippen LogP contribution in [0.4, 0.5) is 11.4 Å². The number of nitrogens with zero attached hydrogens (tertiary/aromatic N) is 2. The van der Waals surface area contributed by atoms with Gasteiger partial charge in [-0.25, -0.2) is 4.90 Å². The zero-order valence-corrected chi connectivity index (χ0v) is 23.0. The van der Waals surface area contributed by atoms with E-state index in [0.717, 1.165) is 32.2 Å². The molecule has 0 aliphatic carbocycles. The summed E-state index contributed by atoms with van der Waals surface area (Å²) in [6.07, 6.45) is 0. The van der Waals surface area contributed by atoms with Crippen LogP contribution in [0.15, 0.2) is 75.9 Å². The second-order valence-electron chi connectivity index (χ2n) is 9.45. The SMILES string of the molecule is Cc1ccc(N2C(=O)C3Sc4c(sc(=O)n4CC(=O)Nc4cccc(C)c4)[C@H](c4cccs4)C3C2=O)cc1. The zero-order chi connectivity index (χ0) is 26.6. The molecule has 192 valence electrons. The molecule has 0 saturated carbocycles. The molecule has 2 aliphatic heterocycles. The van der Waals surface area contributed by atoms with Crippen molar-refractivity contribution >= 4 is 63.5 Å². The van der Waals surface area contributed by atoms with Gasteiger partial charge >= 0.3 is 4.87 Å². The molecule has 0 bridgehead atoms. The van der Waals surface area contributed by atoms with E-state index in [-0.39, 0.29) is 29.1 Å². The summed E-state index contributed by atoms with van der Waals surface area (Å²) in [7, 11) is 0. The van der Waals surface area contributed by atoms with Crippen molar-refractivity contribution in [3.63, 3.8) is 0 Å². The summed E-state index contributed by atoms with van der Waals surface area (Å²) in [4.78, 5) is 56.3. The van der Waals surface area contributed by atoms with E-state index in [9.17, 15) is 19.2 Å². The quantitative estimate of drug-likeness (QED) is 0.346. The lowest BCUT2D eigenvalue weighted by atomic mass is 9.87. The molecule has 0 spiro atoms. The molecule has 2 aromatic heterocycles. The minimum atomic E-state index is -0.691. The lowest BCUT2D eigenvalue weighted by Crippen LogP contribution is -2.32. The smallest absolute Gasteiger partial charge is 0.308 e. The fourth-order valence-corrected chi connectivity index (χ4v) is 8.77. The van der Waals surface area contributed by atoms with Crippen molar-refractivity contribution in [2.24, 2.45) is 5.92 Å². The largest absolute Gasteiger partial charge is 0.325 e. The van der Waals surface area contributed by atoms with E-state index in [1.807, 2.05) is 61.7 Å². The van der Waals surface area contributed by atoms with E-state index in [2.05, 4.69) is 5.32 Å². The zero-order valence-electron chi connectivity index (χ0n) is 20.5. The summed E-state index contributed by atoms with van der Waals surface area (Å²) in [6, 6.07) is 18.6. The van der Waals surface area contributed by atoms with Crippen molar-refractivity contribution < 1.29 is 14.4 Å². The average molecular weight is 562 g/mol. The summed E-state index contributed by atoms with van der Waals surface area (Å²) in [5.74, 6) is -1.95. The molecule has 2 aliphatic rings. The molecule has 0 radical (unpaired) electrons. The Morgan fingerprint density at radius 1 is 0.947 bits per heavy atom. The van der Waals surface area contributed by atoms with Gasteiger partial charge in [-0.1, -0.05) is 59.0 Å². The van der Waals surface area contributed by atoms with Crippen LogP contribution in [0.2, 0.25) is 0 Å². The topological polar surface area (TPSA) is 88.5 Å². The molecule has 7 nitrogen and oxygen atoms in total. The maximum atomic E-state index is 13.8. The summed E-state index contributed by atoms with van der Waals surface area (Å²) in [6.45, 7) is 3.71. The molecule has 2 aromatic carbocycles. The number of hydrogen-bond acceptors (Lipinski definition) is 7. The first kappa shape index (κ1) is 24.8. The molecular weight excluding hydrogens is 539 g/mol. The minimum absolute atomic E-state index is 0.177. The number of carbonyl (C=O) groups is 3. The van der Waals surface area contributed by atoms with Crippen molar-refractivity contribution in [3.05, 3.63) is 96.6 Å². The van der Waals surface area contributed by atoms with Gasteiger partial charge in [-0.2, -0.15) is 0 Å². The maximum absolute atomic E-state index is 13.8. The van der Waals surface area contributed by atoms with Crippen molar-refractivity contribution in [1.82, 2.24) is 4.57 Å². The van der Waals surface area contributed by atoms with Crippen molar-refractivity contribution in [1.29, 1.82) is 0 Å². The van der Waals surface area contributed by atoms with Gasteiger partial charge in [0.25, 0.3) is 0 Å². The Hall–Kier alpha value is -3.47. The molecule has 10 heteroatoms. The number of amides is 3. The number of thiazole rings is 1. The lowest BCUT2D eigenvalue weighted by Gasteiger charge is -2.29.